The largest absolute Gasteiger partial charge is 0.469 e. The van der Waals surface area contributed by atoms with Crippen molar-refractivity contribution in [2.75, 3.05) is 21.0 Å². The molecule has 2 fully saturated rings. The molecule has 2 aliphatic rings. The van der Waals surface area contributed by atoms with Crippen LogP contribution in [-0.2, 0) is 19.0 Å². The van der Waals surface area contributed by atoms with Gasteiger partial charge in [-0.05, 0) is 30.5 Å². The summed E-state index contributed by atoms with van der Waals surface area (Å²) in [6, 6.07) is 5.74. The lowest BCUT2D eigenvalue weighted by Crippen LogP contribution is -2.51. The molecule has 0 saturated carbocycles. The molecule has 2 heterocycles. The van der Waals surface area contributed by atoms with Gasteiger partial charge in [0.2, 0.25) is 0 Å². The Kier molecular flexibility index (Phi) is 5.67. The molecule has 0 spiro atoms. The van der Waals surface area contributed by atoms with Crippen LogP contribution >= 0.6 is 23.2 Å². The van der Waals surface area contributed by atoms with Gasteiger partial charge in [-0.1, -0.05) is 29.3 Å². The van der Waals surface area contributed by atoms with Crippen molar-refractivity contribution < 1.29 is 19.0 Å². The molecule has 0 amide bonds. The Morgan fingerprint density at radius 1 is 1.25 bits per heavy atom. The summed E-state index contributed by atoms with van der Waals surface area (Å²) in [7, 11) is 3.01. The monoisotopic (exact) mass is 373 g/mol. The van der Waals surface area contributed by atoms with Gasteiger partial charge < -0.3 is 19.5 Å². The molecular formula is C17H21Cl2NO4. The Bertz CT molecular complexity index is 612. The summed E-state index contributed by atoms with van der Waals surface area (Å²) in [5.74, 6) is -0.567. The third-order valence-corrected chi connectivity index (χ3v) is 5.69. The number of ether oxygens (including phenoxy) is 3. The number of rotatable bonds is 5. The number of methoxy groups -OCH3 is 2. The highest BCUT2D eigenvalue weighted by atomic mass is 35.5. The molecule has 5 atom stereocenters. The average molecular weight is 374 g/mol. The zero-order valence-electron chi connectivity index (χ0n) is 13.6. The van der Waals surface area contributed by atoms with E-state index in [0.29, 0.717) is 10.0 Å². The first-order chi connectivity index (χ1) is 11.5. The second-order valence-electron chi connectivity index (χ2n) is 6.30. The van der Waals surface area contributed by atoms with Crippen molar-refractivity contribution in [2.45, 2.75) is 36.9 Å². The molecule has 5 unspecified atom stereocenters. The van der Waals surface area contributed by atoms with Crippen LogP contribution < -0.4 is 5.32 Å². The highest BCUT2D eigenvalue weighted by molar-refractivity contribution is 6.42. The van der Waals surface area contributed by atoms with Crippen molar-refractivity contribution in [2.24, 2.45) is 5.92 Å². The Morgan fingerprint density at radius 3 is 2.71 bits per heavy atom. The number of hydrogen-bond donors (Lipinski definition) is 1. The maximum Gasteiger partial charge on any atom is 0.310 e. The standard InChI is InChI=1S/C17H21Cl2NO4/c1-22-8-24-14-7-10-6-11(9-3-4-12(18)13(19)5-9)15(16(14)20-10)17(21)23-2/h3-5,10-11,14-16,20H,6-8H2,1-2H3. The van der Waals surface area contributed by atoms with Crippen LogP contribution in [-0.4, -0.2) is 45.2 Å². The van der Waals surface area contributed by atoms with Crippen molar-refractivity contribution in [3.8, 4) is 0 Å². The number of carbonyl (C=O) groups excluding carboxylic acids is 1. The van der Waals surface area contributed by atoms with Gasteiger partial charge in [0.1, 0.15) is 6.79 Å². The van der Waals surface area contributed by atoms with Gasteiger partial charge in [0.15, 0.2) is 0 Å². The average Bonchev–Trinajstić information content (AvgIpc) is 2.90. The van der Waals surface area contributed by atoms with Gasteiger partial charge in [0, 0.05) is 25.1 Å². The third-order valence-electron chi connectivity index (χ3n) is 4.95. The topological polar surface area (TPSA) is 56.8 Å². The summed E-state index contributed by atoms with van der Waals surface area (Å²) in [4.78, 5) is 12.5. The van der Waals surface area contributed by atoms with E-state index in [1.54, 1.807) is 13.2 Å². The smallest absolute Gasteiger partial charge is 0.310 e. The number of nitrogens with one attached hydrogen (secondary N) is 1. The molecule has 1 aromatic rings. The summed E-state index contributed by atoms with van der Waals surface area (Å²) in [5.41, 5.74) is 1.00. The first-order valence-electron chi connectivity index (χ1n) is 7.94. The van der Waals surface area contributed by atoms with Gasteiger partial charge >= 0.3 is 5.97 Å². The number of fused-ring (bicyclic) bond motifs is 2. The molecular weight excluding hydrogens is 353 g/mol. The van der Waals surface area contributed by atoms with Crippen LogP contribution in [0.4, 0.5) is 0 Å². The van der Waals surface area contributed by atoms with Gasteiger partial charge in [-0.15, -0.1) is 0 Å². The Balaban J connectivity index is 1.91. The normalized spacial score (nSPS) is 31.9. The molecule has 0 radical (unpaired) electrons. The van der Waals surface area contributed by atoms with Crippen LogP contribution in [0.25, 0.3) is 0 Å². The fourth-order valence-corrected chi connectivity index (χ4v) is 4.24. The van der Waals surface area contributed by atoms with Crippen molar-refractivity contribution in [1.82, 2.24) is 5.32 Å². The van der Waals surface area contributed by atoms with E-state index < -0.39 is 0 Å². The Morgan fingerprint density at radius 2 is 2.04 bits per heavy atom. The minimum Gasteiger partial charge on any atom is -0.469 e. The molecule has 24 heavy (non-hydrogen) atoms. The minimum absolute atomic E-state index is 0.0135. The number of piperidine rings is 1. The second kappa shape index (κ2) is 7.58. The van der Waals surface area contributed by atoms with Crippen molar-refractivity contribution in [3.05, 3.63) is 33.8 Å². The zero-order valence-corrected chi connectivity index (χ0v) is 15.1. The summed E-state index contributed by atoms with van der Waals surface area (Å²) in [5, 5.41) is 4.50. The van der Waals surface area contributed by atoms with Crippen LogP contribution in [0, 0.1) is 5.92 Å². The fourth-order valence-electron chi connectivity index (χ4n) is 3.94. The number of esters is 1. The molecule has 7 heteroatoms. The number of hydrogen-bond acceptors (Lipinski definition) is 5. The first-order valence-corrected chi connectivity index (χ1v) is 8.70. The lowest BCUT2D eigenvalue weighted by molar-refractivity contribution is -0.150. The Hall–Kier alpha value is -0.850. The lowest BCUT2D eigenvalue weighted by Gasteiger charge is -2.37. The van der Waals surface area contributed by atoms with Crippen LogP contribution in [0.3, 0.4) is 0 Å². The molecule has 0 aliphatic carbocycles. The van der Waals surface area contributed by atoms with E-state index in [1.807, 2.05) is 12.1 Å². The van der Waals surface area contributed by atoms with Crippen LogP contribution in [0.15, 0.2) is 18.2 Å². The molecule has 3 rings (SSSR count). The number of benzene rings is 1. The highest BCUT2D eigenvalue weighted by Crippen LogP contribution is 2.44. The van der Waals surface area contributed by atoms with Crippen LogP contribution in [0.5, 0.6) is 0 Å². The van der Waals surface area contributed by atoms with Gasteiger partial charge in [-0.25, -0.2) is 0 Å². The second-order valence-corrected chi connectivity index (χ2v) is 7.12. The maximum absolute atomic E-state index is 12.5. The molecule has 5 nitrogen and oxygen atoms in total. The van der Waals surface area contributed by atoms with Gasteiger partial charge in [-0.3, -0.25) is 4.79 Å². The molecule has 1 N–H and O–H groups in total. The lowest BCUT2D eigenvalue weighted by atomic mass is 9.76. The van der Waals surface area contributed by atoms with E-state index in [4.69, 9.17) is 37.4 Å². The summed E-state index contributed by atoms with van der Waals surface area (Å²) < 4.78 is 15.9. The minimum atomic E-state index is -0.340. The van der Waals surface area contributed by atoms with E-state index >= 15 is 0 Å². The molecule has 2 bridgehead atoms. The molecule has 132 valence electrons. The SMILES string of the molecule is COCOC1CC2CC(c3ccc(Cl)c(Cl)c3)C(C(=O)OC)C1N2. The third kappa shape index (κ3) is 3.41. The van der Waals surface area contributed by atoms with E-state index in [9.17, 15) is 4.79 Å². The van der Waals surface area contributed by atoms with Crippen molar-refractivity contribution in [3.63, 3.8) is 0 Å². The maximum atomic E-state index is 12.5. The molecule has 2 aliphatic heterocycles. The summed E-state index contributed by atoms with van der Waals surface area (Å²) >= 11 is 12.2. The first kappa shape index (κ1) is 18.0. The summed E-state index contributed by atoms with van der Waals surface area (Å²) in [6.45, 7) is 0.209. The van der Waals surface area contributed by atoms with Crippen molar-refractivity contribution >= 4 is 29.2 Å². The number of halogens is 2. The zero-order chi connectivity index (χ0) is 17.3. The van der Waals surface area contributed by atoms with E-state index in [1.165, 1.54) is 7.11 Å². The van der Waals surface area contributed by atoms with E-state index in [2.05, 4.69) is 5.32 Å². The molecule has 1 aromatic carbocycles. The van der Waals surface area contributed by atoms with Gasteiger partial charge in [0.05, 0.1) is 29.2 Å². The molecule has 2 saturated heterocycles. The summed E-state index contributed by atoms with van der Waals surface area (Å²) in [6.07, 6.45) is 1.59. The van der Waals surface area contributed by atoms with Gasteiger partial charge in [-0.2, -0.15) is 0 Å². The van der Waals surface area contributed by atoms with Gasteiger partial charge in [0.25, 0.3) is 0 Å². The van der Waals surface area contributed by atoms with Crippen LogP contribution in [0.2, 0.25) is 10.0 Å². The molecule has 0 aromatic heterocycles. The Labute approximate surface area is 151 Å². The van der Waals surface area contributed by atoms with Crippen LogP contribution in [0.1, 0.15) is 24.3 Å². The predicted molar refractivity (Wildman–Crippen MR) is 91.4 cm³/mol. The fraction of sp³-hybridized carbons (Fsp3) is 0.588. The van der Waals surface area contributed by atoms with E-state index in [0.717, 1.165) is 18.4 Å². The van der Waals surface area contributed by atoms with E-state index in [-0.39, 0.29) is 42.8 Å². The number of carbonyl (C=O) groups is 1. The predicted octanol–water partition coefficient (Wildman–Crippen LogP) is 2.99. The highest BCUT2D eigenvalue weighted by Gasteiger charge is 2.51. The quantitative estimate of drug-likeness (QED) is 0.634. The van der Waals surface area contributed by atoms with Crippen molar-refractivity contribution in [1.29, 1.82) is 0 Å².